The first-order chi connectivity index (χ1) is 14.6. The Bertz CT molecular complexity index is 797. The minimum Gasteiger partial charge on any atom is -0.371 e. The van der Waals surface area contributed by atoms with E-state index >= 15 is 0 Å². The molecule has 1 aliphatic heterocycles. The zero-order valence-electron chi connectivity index (χ0n) is 19.4. The Hall–Kier alpha value is -2.22. The first-order valence-corrected chi connectivity index (χ1v) is 11.9. The minimum absolute atomic E-state index is 0.213. The molecule has 30 heavy (non-hydrogen) atoms. The van der Waals surface area contributed by atoms with E-state index in [-0.39, 0.29) is 5.41 Å². The van der Waals surface area contributed by atoms with Crippen molar-refractivity contribution in [2.24, 2.45) is 5.41 Å². The first-order valence-electron chi connectivity index (χ1n) is 11.9. The smallest absolute Gasteiger partial charge is 0.0398 e. The molecule has 1 saturated heterocycles. The molecule has 3 rings (SSSR count). The number of rotatable bonds is 10. The van der Waals surface area contributed by atoms with Crippen molar-refractivity contribution in [2.75, 3.05) is 36.0 Å². The van der Waals surface area contributed by atoms with Crippen LogP contribution in [-0.4, -0.2) is 26.2 Å². The third-order valence-electron chi connectivity index (χ3n) is 6.78. The minimum atomic E-state index is 0.213. The summed E-state index contributed by atoms with van der Waals surface area (Å²) in [6, 6.07) is 19.8. The second-order valence-electron chi connectivity index (χ2n) is 9.10. The number of hydrogen-bond donors (Lipinski definition) is 0. The van der Waals surface area contributed by atoms with Crippen LogP contribution in [0.4, 0.5) is 11.4 Å². The van der Waals surface area contributed by atoms with E-state index in [0.29, 0.717) is 0 Å². The van der Waals surface area contributed by atoms with Crippen molar-refractivity contribution in [3.8, 4) is 0 Å². The molecule has 1 aliphatic rings. The Labute approximate surface area is 184 Å². The van der Waals surface area contributed by atoms with Gasteiger partial charge in [0.05, 0.1) is 0 Å². The van der Waals surface area contributed by atoms with Crippen molar-refractivity contribution in [2.45, 2.75) is 59.3 Å². The van der Waals surface area contributed by atoms with Crippen LogP contribution in [0.2, 0.25) is 0 Å². The molecule has 2 aromatic rings. The van der Waals surface area contributed by atoms with Gasteiger partial charge in [-0.25, -0.2) is 0 Å². The van der Waals surface area contributed by atoms with Gasteiger partial charge >= 0.3 is 0 Å². The first kappa shape index (κ1) is 22.5. The highest BCUT2D eigenvalue weighted by Crippen LogP contribution is 2.39. The summed E-state index contributed by atoms with van der Waals surface area (Å²) >= 11 is 0. The van der Waals surface area contributed by atoms with Gasteiger partial charge in [-0.3, -0.25) is 0 Å². The summed E-state index contributed by atoms with van der Waals surface area (Å²) in [5, 5.41) is 0. The van der Waals surface area contributed by atoms with Gasteiger partial charge in [-0.2, -0.15) is 0 Å². The lowest BCUT2D eigenvalue weighted by Crippen LogP contribution is -2.42. The molecular weight excluding hydrogens is 364 g/mol. The topological polar surface area (TPSA) is 6.48 Å². The molecule has 1 atom stereocenters. The molecule has 0 N–H and O–H groups in total. The van der Waals surface area contributed by atoms with Gasteiger partial charge in [0.2, 0.25) is 0 Å². The van der Waals surface area contributed by atoms with Crippen LogP contribution >= 0.6 is 0 Å². The van der Waals surface area contributed by atoms with Crippen LogP contribution in [0.25, 0.3) is 0 Å². The van der Waals surface area contributed by atoms with Gasteiger partial charge in [-0.1, -0.05) is 69.3 Å². The van der Waals surface area contributed by atoms with Crippen LogP contribution in [0.15, 0.2) is 66.7 Å². The number of anilines is 2. The molecule has 2 aromatic carbocycles. The average Bonchev–Trinajstić information content (AvgIpc) is 2.79. The van der Waals surface area contributed by atoms with Crippen molar-refractivity contribution >= 4 is 11.4 Å². The second-order valence-corrected chi connectivity index (χ2v) is 9.10. The van der Waals surface area contributed by atoms with Gasteiger partial charge in [-0.05, 0) is 62.3 Å². The van der Waals surface area contributed by atoms with Crippen molar-refractivity contribution in [3.63, 3.8) is 0 Å². The third kappa shape index (κ3) is 5.47. The van der Waals surface area contributed by atoms with E-state index in [1.807, 2.05) is 0 Å². The van der Waals surface area contributed by atoms with Crippen LogP contribution in [0, 0.1) is 5.41 Å². The summed E-state index contributed by atoms with van der Waals surface area (Å²) in [5.41, 5.74) is 5.88. The normalized spacial score (nSPS) is 19.0. The maximum absolute atomic E-state index is 4.58. The molecule has 0 radical (unpaired) electrons. The van der Waals surface area contributed by atoms with Gasteiger partial charge in [0, 0.05) is 43.0 Å². The molecule has 1 unspecified atom stereocenters. The van der Waals surface area contributed by atoms with Crippen molar-refractivity contribution in [1.82, 2.24) is 0 Å². The molecule has 162 valence electrons. The fourth-order valence-electron chi connectivity index (χ4n) is 4.91. The summed E-state index contributed by atoms with van der Waals surface area (Å²) in [6.07, 6.45) is 7.08. The van der Waals surface area contributed by atoms with E-state index in [1.54, 1.807) is 0 Å². The zero-order chi connectivity index (χ0) is 21.4. The van der Waals surface area contributed by atoms with E-state index in [0.717, 1.165) is 39.0 Å². The molecule has 0 saturated carbocycles. The highest BCUT2D eigenvalue weighted by atomic mass is 15.1. The SMILES string of the molecule is C=C(CCCN(CCC)c1ccccc1CC)C1(C)CCCN(c2ccccc2)C1. The van der Waals surface area contributed by atoms with Crippen LogP contribution < -0.4 is 9.80 Å². The molecule has 0 bridgehead atoms. The Morgan fingerprint density at radius 2 is 1.77 bits per heavy atom. The number of benzene rings is 2. The van der Waals surface area contributed by atoms with Gasteiger partial charge < -0.3 is 9.80 Å². The fourth-order valence-corrected chi connectivity index (χ4v) is 4.91. The third-order valence-corrected chi connectivity index (χ3v) is 6.78. The van der Waals surface area contributed by atoms with E-state index in [9.17, 15) is 0 Å². The van der Waals surface area contributed by atoms with E-state index in [2.05, 4.69) is 91.7 Å². The maximum Gasteiger partial charge on any atom is 0.0398 e. The van der Waals surface area contributed by atoms with Crippen molar-refractivity contribution in [1.29, 1.82) is 0 Å². The van der Waals surface area contributed by atoms with Crippen LogP contribution in [0.5, 0.6) is 0 Å². The molecule has 0 spiro atoms. The lowest BCUT2D eigenvalue weighted by molar-refractivity contribution is 0.308. The van der Waals surface area contributed by atoms with Crippen LogP contribution in [-0.2, 0) is 6.42 Å². The summed E-state index contributed by atoms with van der Waals surface area (Å²) in [5.74, 6) is 0. The summed E-state index contributed by atoms with van der Waals surface area (Å²) in [7, 11) is 0. The summed E-state index contributed by atoms with van der Waals surface area (Å²) in [6.45, 7) is 16.0. The van der Waals surface area contributed by atoms with E-state index in [1.165, 1.54) is 48.2 Å². The number of hydrogen-bond acceptors (Lipinski definition) is 2. The predicted octanol–water partition coefficient (Wildman–Crippen LogP) is 7.11. The molecule has 1 heterocycles. The zero-order valence-corrected chi connectivity index (χ0v) is 19.4. The van der Waals surface area contributed by atoms with Crippen LogP contribution in [0.3, 0.4) is 0 Å². The molecule has 2 heteroatoms. The van der Waals surface area contributed by atoms with Crippen molar-refractivity contribution < 1.29 is 0 Å². The maximum atomic E-state index is 4.58. The highest BCUT2D eigenvalue weighted by Gasteiger charge is 2.33. The highest BCUT2D eigenvalue weighted by molar-refractivity contribution is 5.53. The van der Waals surface area contributed by atoms with Gasteiger partial charge in [-0.15, -0.1) is 0 Å². The summed E-state index contributed by atoms with van der Waals surface area (Å²) < 4.78 is 0. The number of nitrogens with zero attached hydrogens (tertiary/aromatic N) is 2. The Morgan fingerprint density at radius 3 is 2.50 bits per heavy atom. The largest absolute Gasteiger partial charge is 0.371 e. The molecule has 1 fully saturated rings. The van der Waals surface area contributed by atoms with Gasteiger partial charge in [0.1, 0.15) is 0 Å². The quantitative estimate of drug-likeness (QED) is 0.389. The Morgan fingerprint density at radius 1 is 1.03 bits per heavy atom. The lowest BCUT2D eigenvalue weighted by atomic mass is 9.74. The molecule has 2 nitrogen and oxygen atoms in total. The molecule has 0 aromatic heterocycles. The molecular formula is C28H40N2. The van der Waals surface area contributed by atoms with Crippen molar-refractivity contribution in [3.05, 3.63) is 72.3 Å². The molecule has 0 aliphatic carbocycles. The number of piperidine rings is 1. The Balaban J connectivity index is 1.59. The van der Waals surface area contributed by atoms with E-state index < -0.39 is 0 Å². The van der Waals surface area contributed by atoms with Gasteiger partial charge in [0.15, 0.2) is 0 Å². The number of para-hydroxylation sites is 2. The second kappa shape index (κ2) is 10.7. The molecule has 0 amide bonds. The number of aryl methyl sites for hydroxylation is 1. The summed E-state index contributed by atoms with van der Waals surface area (Å²) in [4.78, 5) is 5.14. The average molecular weight is 405 g/mol. The van der Waals surface area contributed by atoms with E-state index in [4.69, 9.17) is 0 Å². The lowest BCUT2D eigenvalue weighted by Gasteiger charge is -2.43. The fraction of sp³-hybridized carbons (Fsp3) is 0.500. The standard InChI is InChI=1S/C28H40N2/c1-5-20-29(27-18-11-10-15-25(27)6-2)21-12-14-24(3)28(4)19-13-22-30(23-28)26-16-8-7-9-17-26/h7-11,15-18H,3,5-6,12-14,19-23H2,1-2,4H3. The van der Waals surface area contributed by atoms with Gasteiger partial charge in [0.25, 0.3) is 0 Å². The van der Waals surface area contributed by atoms with Crippen LogP contribution in [0.1, 0.15) is 58.4 Å². The predicted molar refractivity (Wildman–Crippen MR) is 133 cm³/mol. The Kier molecular flexibility index (Phi) is 8.01. The monoisotopic (exact) mass is 404 g/mol.